The lowest BCUT2D eigenvalue weighted by molar-refractivity contribution is -0.138. The lowest BCUT2D eigenvalue weighted by Crippen LogP contribution is -2.57. The van der Waals surface area contributed by atoms with Gasteiger partial charge in [0.25, 0.3) is 0 Å². The van der Waals surface area contributed by atoms with Crippen LogP contribution in [0, 0.1) is 34.0 Å². The number of rotatable bonds is 1. The summed E-state index contributed by atoms with van der Waals surface area (Å²) in [7, 11) is 0. The quantitative estimate of drug-likeness (QED) is 0.720. The molecule has 0 aromatic carbocycles. The monoisotopic (exact) mass is 342 g/mol. The third kappa shape index (κ3) is 1.72. The van der Waals surface area contributed by atoms with Crippen LogP contribution in [0.1, 0.15) is 65.7 Å². The fourth-order valence-electron chi connectivity index (χ4n) is 8.04. The summed E-state index contributed by atoms with van der Waals surface area (Å²) in [5.74, 6) is 2.59. The molecule has 0 radical (unpaired) electrons. The lowest BCUT2D eigenvalue weighted by atomic mass is 9.45. The van der Waals surface area contributed by atoms with Gasteiger partial charge in [0.05, 0.1) is 18.1 Å². The van der Waals surface area contributed by atoms with Gasteiger partial charge in [-0.2, -0.15) is 0 Å². The second kappa shape index (κ2) is 4.85. The molecular weight excluding hydrogens is 312 g/mol. The summed E-state index contributed by atoms with van der Waals surface area (Å²) in [6, 6.07) is 0. The van der Waals surface area contributed by atoms with Gasteiger partial charge < -0.3 is 4.74 Å². The highest BCUT2D eigenvalue weighted by Crippen LogP contribution is 2.72. The molecule has 3 saturated carbocycles. The van der Waals surface area contributed by atoms with Crippen molar-refractivity contribution in [3.05, 3.63) is 11.6 Å². The first-order valence-electron chi connectivity index (χ1n) is 10.2. The van der Waals surface area contributed by atoms with E-state index in [4.69, 9.17) is 4.74 Å². The van der Waals surface area contributed by atoms with Gasteiger partial charge in [-0.15, -0.1) is 0 Å². The molecule has 7 atom stereocenters. The van der Waals surface area contributed by atoms with E-state index in [9.17, 15) is 9.59 Å². The fraction of sp³-hybridized carbons (Fsp3) is 0.818. The Balaban J connectivity index is 1.57. The van der Waals surface area contributed by atoms with E-state index in [1.165, 1.54) is 18.4 Å². The maximum atomic E-state index is 12.6. The summed E-state index contributed by atoms with van der Waals surface area (Å²) in [5, 5.41) is 0. The molecule has 4 fully saturated rings. The molecule has 1 saturated heterocycles. The number of allylic oxidation sites excluding steroid dienone is 1. The van der Waals surface area contributed by atoms with Crippen LogP contribution in [0.3, 0.4) is 0 Å². The molecule has 5 aliphatic rings. The highest BCUT2D eigenvalue weighted by Gasteiger charge is 2.72. The molecule has 5 rings (SSSR count). The summed E-state index contributed by atoms with van der Waals surface area (Å²) in [6.45, 7) is 7.21. The van der Waals surface area contributed by atoms with E-state index in [0.717, 1.165) is 25.7 Å². The Kier molecular flexibility index (Phi) is 3.15. The molecule has 1 aliphatic heterocycles. The average Bonchev–Trinajstić information content (AvgIpc) is 3.04. The molecule has 0 aromatic heterocycles. The standard InChI is InChI=1S/C22H30O3/c1-13(23)22-9-7-17-16-5-4-14-10-15(24)6-8-20(14,2)18(16)11-19(25-12-22)21(17,22)3/h10,16-19H,4-9,11-12H2,1-3H3. The van der Waals surface area contributed by atoms with E-state index in [1.54, 1.807) is 6.92 Å². The maximum Gasteiger partial charge on any atom is 0.155 e. The number of hydrogen-bond acceptors (Lipinski definition) is 3. The van der Waals surface area contributed by atoms with Crippen molar-refractivity contribution in [2.24, 2.45) is 34.0 Å². The van der Waals surface area contributed by atoms with Gasteiger partial charge >= 0.3 is 0 Å². The first kappa shape index (κ1) is 16.2. The number of Topliss-reactive ketones (excluding diaryl/α,β-unsaturated/α-hetero) is 1. The van der Waals surface area contributed by atoms with Gasteiger partial charge in [0.1, 0.15) is 5.78 Å². The summed E-state index contributed by atoms with van der Waals surface area (Å²) in [4.78, 5) is 24.6. The predicted molar refractivity (Wildman–Crippen MR) is 94.9 cm³/mol. The number of ether oxygens (including phenoxy) is 1. The van der Waals surface area contributed by atoms with Crippen molar-refractivity contribution in [1.29, 1.82) is 0 Å². The van der Waals surface area contributed by atoms with Crippen LogP contribution in [0.25, 0.3) is 0 Å². The molecule has 136 valence electrons. The van der Waals surface area contributed by atoms with Gasteiger partial charge in [0, 0.05) is 11.8 Å². The Morgan fingerprint density at radius 3 is 2.72 bits per heavy atom. The Morgan fingerprint density at radius 2 is 1.96 bits per heavy atom. The van der Waals surface area contributed by atoms with E-state index < -0.39 is 0 Å². The zero-order valence-electron chi connectivity index (χ0n) is 15.8. The van der Waals surface area contributed by atoms with Crippen molar-refractivity contribution in [1.82, 2.24) is 0 Å². The Morgan fingerprint density at radius 1 is 1.16 bits per heavy atom. The van der Waals surface area contributed by atoms with E-state index in [2.05, 4.69) is 13.8 Å². The minimum absolute atomic E-state index is 0.0298. The molecule has 3 heteroatoms. The van der Waals surface area contributed by atoms with Gasteiger partial charge in [-0.25, -0.2) is 0 Å². The van der Waals surface area contributed by atoms with Gasteiger partial charge in [-0.1, -0.05) is 19.4 Å². The molecule has 25 heavy (non-hydrogen) atoms. The van der Waals surface area contributed by atoms with Gasteiger partial charge in [0.15, 0.2) is 5.78 Å². The number of carbonyl (C=O) groups excluding carboxylic acids is 2. The minimum Gasteiger partial charge on any atom is -0.377 e. The van der Waals surface area contributed by atoms with Crippen LogP contribution in [0.5, 0.6) is 0 Å². The fourth-order valence-corrected chi connectivity index (χ4v) is 8.04. The summed E-state index contributed by atoms with van der Waals surface area (Å²) < 4.78 is 6.35. The van der Waals surface area contributed by atoms with Crippen molar-refractivity contribution in [3.63, 3.8) is 0 Å². The molecule has 7 unspecified atom stereocenters. The van der Waals surface area contributed by atoms with Crippen LogP contribution in [0.15, 0.2) is 11.6 Å². The number of fused-ring (bicyclic) bond motifs is 4. The molecule has 0 amide bonds. The molecule has 1 heterocycles. The first-order valence-corrected chi connectivity index (χ1v) is 10.2. The molecule has 4 aliphatic carbocycles. The van der Waals surface area contributed by atoms with Crippen LogP contribution >= 0.6 is 0 Å². The SMILES string of the molecule is CC(=O)C12CCC3C4CCC5=CC(=O)CCC5(C)C4CC(OC1)C32C. The van der Waals surface area contributed by atoms with Crippen molar-refractivity contribution in [3.8, 4) is 0 Å². The Labute approximate surface area is 150 Å². The third-order valence-electron chi connectivity index (χ3n) is 9.58. The predicted octanol–water partition coefficient (Wildman–Crippen LogP) is 4.10. The molecule has 0 spiro atoms. The van der Waals surface area contributed by atoms with Crippen LogP contribution in [0.2, 0.25) is 0 Å². The number of ketones is 2. The van der Waals surface area contributed by atoms with Gasteiger partial charge in [0.2, 0.25) is 0 Å². The van der Waals surface area contributed by atoms with Crippen LogP contribution in [-0.2, 0) is 14.3 Å². The third-order valence-corrected chi connectivity index (χ3v) is 9.58. The average molecular weight is 342 g/mol. The van der Waals surface area contributed by atoms with Crippen molar-refractivity contribution in [2.75, 3.05) is 6.61 Å². The highest BCUT2D eigenvalue weighted by atomic mass is 16.5. The lowest BCUT2D eigenvalue weighted by Gasteiger charge is -2.59. The van der Waals surface area contributed by atoms with Gasteiger partial charge in [-0.3, -0.25) is 9.59 Å². The minimum atomic E-state index is -0.229. The molecule has 0 aromatic rings. The van der Waals surface area contributed by atoms with E-state index >= 15 is 0 Å². The second-order valence-electron chi connectivity index (χ2n) is 9.96. The maximum absolute atomic E-state index is 12.6. The normalized spacial score (nSPS) is 53.7. The molecular formula is C22H30O3. The highest BCUT2D eigenvalue weighted by molar-refractivity contribution is 5.91. The van der Waals surface area contributed by atoms with Gasteiger partial charge in [-0.05, 0) is 74.7 Å². The molecule has 0 N–H and O–H groups in total. The van der Waals surface area contributed by atoms with Crippen molar-refractivity contribution < 1.29 is 14.3 Å². The van der Waals surface area contributed by atoms with Crippen LogP contribution in [-0.4, -0.2) is 24.3 Å². The van der Waals surface area contributed by atoms with Crippen molar-refractivity contribution in [2.45, 2.75) is 71.8 Å². The molecule has 0 bridgehead atoms. The van der Waals surface area contributed by atoms with Crippen LogP contribution < -0.4 is 0 Å². The zero-order chi connectivity index (χ0) is 17.6. The Bertz CT molecular complexity index is 693. The largest absolute Gasteiger partial charge is 0.377 e. The van der Waals surface area contributed by atoms with E-state index in [1.807, 2.05) is 6.08 Å². The zero-order valence-corrected chi connectivity index (χ0v) is 15.8. The van der Waals surface area contributed by atoms with E-state index in [0.29, 0.717) is 42.3 Å². The summed E-state index contributed by atoms with van der Waals surface area (Å²) >= 11 is 0. The second-order valence-corrected chi connectivity index (χ2v) is 9.96. The summed E-state index contributed by atoms with van der Waals surface area (Å²) in [6.07, 6.45) is 9.45. The Hall–Kier alpha value is -0.960. The first-order chi connectivity index (χ1) is 11.8. The topological polar surface area (TPSA) is 43.4 Å². The van der Waals surface area contributed by atoms with Crippen LogP contribution in [0.4, 0.5) is 0 Å². The van der Waals surface area contributed by atoms with E-state index in [-0.39, 0.29) is 22.3 Å². The smallest absolute Gasteiger partial charge is 0.155 e. The van der Waals surface area contributed by atoms with Crippen molar-refractivity contribution >= 4 is 11.6 Å². The summed E-state index contributed by atoms with van der Waals surface area (Å²) in [5.41, 5.74) is 1.38. The molecule has 3 nitrogen and oxygen atoms in total. The number of hydrogen-bond donors (Lipinski definition) is 0. The number of carbonyl (C=O) groups is 2.